The fourth-order valence-electron chi connectivity index (χ4n) is 1.40. The molecule has 1 aromatic rings. The van der Waals surface area contributed by atoms with Crippen molar-refractivity contribution in [3.8, 4) is 0 Å². The van der Waals surface area contributed by atoms with Crippen LogP contribution in [0.15, 0.2) is 17.3 Å². The number of primary amides is 1. The summed E-state index contributed by atoms with van der Waals surface area (Å²) in [4.78, 5) is 14.9. The van der Waals surface area contributed by atoms with Crippen molar-refractivity contribution in [2.24, 2.45) is 11.5 Å². The van der Waals surface area contributed by atoms with Gasteiger partial charge in [0.2, 0.25) is 0 Å². The Kier molecular flexibility index (Phi) is 4.19. The molecule has 0 fully saturated rings. The van der Waals surface area contributed by atoms with E-state index in [9.17, 15) is 13.2 Å². The van der Waals surface area contributed by atoms with Gasteiger partial charge in [-0.1, -0.05) is 0 Å². The number of aryl methyl sites for hydroxylation is 1. The Hall–Kier alpha value is -1.47. The molecule has 7 heteroatoms. The van der Waals surface area contributed by atoms with Crippen molar-refractivity contribution in [1.29, 1.82) is 0 Å². The lowest BCUT2D eigenvalue weighted by Crippen LogP contribution is -2.16. The highest BCUT2D eigenvalue weighted by molar-refractivity contribution is 7.90. The van der Waals surface area contributed by atoms with Gasteiger partial charge in [-0.3, -0.25) is 4.79 Å². The first-order valence-corrected chi connectivity index (χ1v) is 6.94. The van der Waals surface area contributed by atoms with Crippen LogP contribution in [0.5, 0.6) is 0 Å². The van der Waals surface area contributed by atoms with Crippen molar-refractivity contribution in [1.82, 2.24) is 4.98 Å². The molecule has 0 aliphatic rings. The average molecular weight is 257 g/mol. The van der Waals surface area contributed by atoms with E-state index in [1.807, 2.05) is 0 Å². The van der Waals surface area contributed by atoms with Crippen LogP contribution in [0.3, 0.4) is 0 Å². The van der Waals surface area contributed by atoms with Crippen molar-refractivity contribution in [3.05, 3.63) is 23.4 Å². The molecule has 1 aromatic heterocycles. The number of carbonyl (C=O) groups is 1. The van der Waals surface area contributed by atoms with Gasteiger partial charge < -0.3 is 11.5 Å². The molecule has 0 aromatic carbocycles. The van der Waals surface area contributed by atoms with Crippen LogP contribution in [0.1, 0.15) is 22.3 Å². The fraction of sp³-hybridized carbons (Fsp3) is 0.400. The average Bonchev–Trinajstić information content (AvgIpc) is 2.24. The van der Waals surface area contributed by atoms with E-state index in [1.165, 1.54) is 12.3 Å². The van der Waals surface area contributed by atoms with Gasteiger partial charge in [-0.25, -0.2) is 13.4 Å². The van der Waals surface area contributed by atoms with Gasteiger partial charge in [0.1, 0.15) is 0 Å². The molecule has 0 radical (unpaired) electrons. The molecule has 1 amide bonds. The maximum absolute atomic E-state index is 11.3. The maximum Gasteiger partial charge on any atom is 0.250 e. The molecule has 0 saturated carbocycles. The highest BCUT2D eigenvalue weighted by Crippen LogP contribution is 2.14. The first-order chi connectivity index (χ1) is 7.86. The summed E-state index contributed by atoms with van der Waals surface area (Å²) in [6.07, 6.45) is 3.41. The zero-order valence-corrected chi connectivity index (χ0v) is 10.3. The molecule has 0 bridgehead atoms. The number of hydrogen-bond donors (Lipinski definition) is 2. The van der Waals surface area contributed by atoms with Crippen LogP contribution in [0, 0.1) is 0 Å². The Bertz CT molecular complexity index is 526. The fourth-order valence-corrected chi connectivity index (χ4v) is 2.00. The molecule has 0 aliphatic heterocycles. The molecular formula is C10H15N3O3S. The zero-order chi connectivity index (χ0) is 13.1. The molecule has 0 spiro atoms. The second kappa shape index (κ2) is 5.24. The normalized spacial score (nSPS) is 11.4. The number of pyridine rings is 1. The largest absolute Gasteiger partial charge is 0.366 e. The molecule has 0 unspecified atom stereocenters. The lowest BCUT2D eigenvalue weighted by Gasteiger charge is -2.07. The lowest BCUT2D eigenvalue weighted by molar-refractivity contribution is 0.0999. The van der Waals surface area contributed by atoms with Crippen molar-refractivity contribution < 1.29 is 13.2 Å². The summed E-state index contributed by atoms with van der Waals surface area (Å²) in [5.41, 5.74) is 11.4. The molecule has 17 heavy (non-hydrogen) atoms. The Morgan fingerprint density at radius 1 is 1.47 bits per heavy atom. The minimum atomic E-state index is -3.39. The molecule has 4 N–H and O–H groups in total. The van der Waals surface area contributed by atoms with E-state index in [-0.39, 0.29) is 10.6 Å². The smallest absolute Gasteiger partial charge is 0.250 e. The SMILES string of the molecule is CS(=O)(=O)c1cc(CCCN)c(C(N)=O)cn1. The molecule has 1 rings (SSSR count). The summed E-state index contributed by atoms with van der Waals surface area (Å²) in [5.74, 6) is -0.621. The number of sulfone groups is 1. The van der Waals surface area contributed by atoms with Crippen LogP contribution in [0.25, 0.3) is 0 Å². The summed E-state index contributed by atoms with van der Waals surface area (Å²) in [7, 11) is -3.39. The van der Waals surface area contributed by atoms with E-state index < -0.39 is 15.7 Å². The lowest BCUT2D eigenvalue weighted by atomic mass is 10.1. The quantitative estimate of drug-likeness (QED) is 0.736. The van der Waals surface area contributed by atoms with E-state index in [0.717, 1.165) is 6.26 Å². The molecule has 94 valence electrons. The Morgan fingerprint density at radius 3 is 2.59 bits per heavy atom. The molecule has 1 heterocycles. The van der Waals surface area contributed by atoms with Crippen molar-refractivity contribution in [2.75, 3.05) is 12.8 Å². The zero-order valence-electron chi connectivity index (χ0n) is 9.51. The summed E-state index contributed by atoms with van der Waals surface area (Å²) < 4.78 is 22.7. The summed E-state index contributed by atoms with van der Waals surface area (Å²) in [6.45, 7) is 0.453. The highest BCUT2D eigenvalue weighted by atomic mass is 32.2. The van der Waals surface area contributed by atoms with Crippen LogP contribution in [0.2, 0.25) is 0 Å². The van der Waals surface area contributed by atoms with Crippen LogP contribution >= 0.6 is 0 Å². The first kappa shape index (κ1) is 13.6. The maximum atomic E-state index is 11.3. The number of amides is 1. The van der Waals surface area contributed by atoms with Crippen molar-refractivity contribution >= 4 is 15.7 Å². The van der Waals surface area contributed by atoms with Gasteiger partial charge in [0.25, 0.3) is 5.91 Å². The molecule has 0 aliphatic carbocycles. The van der Waals surface area contributed by atoms with Crippen LogP contribution in [-0.2, 0) is 16.3 Å². The van der Waals surface area contributed by atoms with E-state index in [0.29, 0.717) is 24.9 Å². The Morgan fingerprint density at radius 2 is 2.12 bits per heavy atom. The number of rotatable bonds is 5. The van der Waals surface area contributed by atoms with Gasteiger partial charge in [0, 0.05) is 12.5 Å². The minimum absolute atomic E-state index is 0.0606. The summed E-state index contributed by atoms with van der Waals surface area (Å²) in [6, 6.07) is 1.38. The standard InChI is InChI=1S/C10H15N3O3S/c1-17(15,16)9-5-7(3-2-4-11)8(6-13-9)10(12)14/h5-6H,2-4,11H2,1H3,(H2,12,14). The minimum Gasteiger partial charge on any atom is -0.366 e. The highest BCUT2D eigenvalue weighted by Gasteiger charge is 2.14. The van der Waals surface area contributed by atoms with Crippen LogP contribution < -0.4 is 11.5 Å². The number of carbonyl (C=O) groups excluding carboxylic acids is 1. The van der Waals surface area contributed by atoms with E-state index in [2.05, 4.69) is 4.98 Å². The topological polar surface area (TPSA) is 116 Å². The molecule has 6 nitrogen and oxygen atoms in total. The Balaban J connectivity index is 3.24. The van der Waals surface area contributed by atoms with Gasteiger partial charge in [0.15, 0.2) is 14.9 Å². The number of nitrogens with zero attached hydrogens (tertiary/aromatic N) is 1. The van der Waals surface area contributed by atoms with E-state index in [4.69, 9.17) is 11.5 Å². The number of aromatic nitrogens is 1. The summed E-state index contributed by atoms with van der Waals surface area (Å²) >= 11 is 0. The van der Waals surface area contributed by atoms with Gasteiger partial charge in [-0.2, -0.15) is 0 Å². The van der Waals surface area contributed by atoms with E-state index in [1.54, 1.807) is 0 Å². The van der Waals surface area contributed by atoms with E-state index >= 15 is 0 Å². The molecule has 0 saturated heterocycles. The molecular weight excluding hydrogens is 242 g/mol. The number of nitrogens with two attached hydrogens (primary N) is 2. The van der Waals surface area contributed by atoms with Crippen molar-refractivity contribution in [3.63, 3.8) is 0 Å². The van der Waals surface area contributed by atoms with Crippen LogP contribution in [0.4, 0.5) is 0 Å². The van der Waals surface area contributed by atoms with Gasteiger partial charge in [0.05, 0.1) is 5.56 Å². The van der Waals surface area contributed by atoms with Gasteiger partial charge >= 0.3 is 0 Å². The predicted octanol–water partition coefficient (Wildman–Crippen LogP) is -0.525. The summed E-state index contributed by atoms with van der Waals surface area (Å²) in [5, 5.41) is -0.0606. The number of hydrogen-bond acceptors (Lipinski definition) is 5. The predicted molar refractivity (Wildman–Crippen MR) is 63.2 cm³/mol. The Labute approximate surface area is 99.9 Å². The van der Waals surface area contributed by atoms with Gasteiger partial charge in [-0.05, 0) is 31.0 Å². The second-order valence-electron chi connectivity index (χ2n) is 3.71. The third-order valence-electron chi connectivity index (χ3n) is 2.26. The monoisotopic (exact) mass is 257 g/mol. The third-order valence-corrected chi connectivity index (χ3v) is 3.24. The van der Waals surface area contributed by atoms with Crippen LogP contribution in [-0.4, -0.2) is 32.1 Å². The molecule has 0 atom stereocenters. The first-order valence-electron chi connectivity index (χ1n) is 5.05. The van der Waals surface area contributed by atoms with Gasteiger partial charge in [-0.15, -0.1) is 0 Å². The third kappa shape index (κ3) is 3.50. The second-order valence-corrected chi connectivity index (χ2v) is 5.67. The van der Waals surface area contributed by atoms with Crippen molar-refractivity contribution in [2.45, 2.75) is 17.9 Å².